The van der Waals surface area contributed by atoms with Crippen LogP contribution in [0.5, 0.6) is 0 Å². The molecule has 138 valence electrons. The third kappa shape index (κ3) is 4.73. The van der Waals surface area contributed by atoms with Gasteiger partial charge in [0, 0.05) is 43.5 Å². The van der Waals surface area contributed by atoms with Crippen molar-refractivity contribution >= 4 is 23.2 Å². The van der Waals surface area contributed by atoms with Gasteiger partial charge >= 0.3 is 0 Å². The third-order valence-electron chi connectivity index (χ3n) is 5.20. The summed E-state index contributed by atoms with van der Waals surface area (Å²) in [5.74, 6) is 1.55. The van der Waals surface area contributed by atoms with E-state index in [1.807, 2.05) is 11.3 Å². The number of nitrogens with one attached hydrogen (secondary N) is 3. The van der Waals surface area contributed by atoms with Crippen molar-refractivity contribution in [2.45, 2.75) is 37.8 Å². The lowest BCUT2D eigenvalue weighted by Gasteiger charge is -2.39. The van der Waals surface area contributed by atoms with Gasteiger partial charge in [-0.3, -0.25) is 14.7 Å². The average Bonchev–Trinajstić information content (AvgIpc) is 3.14. The highest BCUT2D eigenvalue weighted by molar-refractivity contribution is 7.10. The van der Waals surface area contributed by atoms with Gasteiger partial charge in [-0.15, -0.1) is 11.3 Å². The van der Waals surface area contributed by atoms with Crippen molar-refractivity contribution in [3.63, 3.8) is 0 Å². The number of amides is 1. The van der Waals surface area contributed by atoms with Crippen LogP contribution in [0.4, 0.5) is 0 Å². The molecule has 0 aromatic carbocycles. The molecule has 3 N–H and O–H groups in total. The Morgan fingerprint density at radius 2 is 2.36 bits per heavy atom. The van der Waals surface area contributed by atoms with Gasteiger partial charge in [0.15, 0.2) is 5.96 Å². The first kappa shape index (κ1) is 18.2. The largest absolute Gasteiger partial charge is 0.356 e. The molecular formula is C18H29N5OS. The molecule has 0 aliphatic carbocycles. The number of carbonyl (C=O) groups excluding carboxylic acids is 1. The van der Waals surface area contributed by atoms with Crippen LogP contribution >= 0.6 is 11.3 Å². The number of likely N-dealkylation sites (tertiary alicyclic amines) is 1. The van der Waals surface area contributed by atoms with Gasteiger partial charge in [0.25, 0.3) is 0 Å². The zero-order chi connectivity index (χ0) is 17.6. The molecule has 1 amide bonds. The van der Waals surface area contributed by atoms with Crippen molar-refractivity contribution in [2.24, 2.45) is 10.9 Å². The predicted octanol–water partition coefficient (Wildman–Crippen LogP) is 1.57. The fourth-order valence-corrected chi connectivity index (χ4v) is 4.84. The Hall–Kier alpha value is -1.60. The van der Waals surface area contributed by atoms with Crippen molar-refractivity contribution in [2.75, 3.05) is 33.7 Å². The van der Waals surface area contributed by atoms with Gasteiger partial charge < -0.3 is 16.0 Å². The summed E-state index contributed by atoms with van der Waals surface area (Å²) >= 11 is 1.85. The fraction of sp³-hybridized carbons (Fsp3) is 0.667. The number of nitrogens with zero attached hydrogens (tertiary/aromatic N) is 2. The molecular weight excluding hydrogens is 334 g/mol. The lowest BCUT2D eigenvalue weighted by atomic mass is 9.88. The van der Waals surface area contributed by atoms with Gasteiger partial charge in [-0.2, -0.15) is 0 Å². The van der Waals surface area contributed by atoms with Crippen molar-refractivity contribution in [3.05, 3.63) is 22.4 Å². The SMILES string of the molecule is CN=C(NCC1CCCN(C)C1c1cccs1)NC1CCC(=O)NC1. The van der Waals surface area contributed by atoms with Gasteiger partial charge in [0.05, 0.1) is 0 Å². The highest BCUT2D eigenvalue weighted by Crippen LogP contribution is 2.36. The number of rotatable bonds is 4. The minimum atomic E-state index is 0.144. The van der Waals surface area contributed by atoms with Crippen LogP contribution in [0.1, 0.15) is 36.6 Å². The van der Waals surface area contributed by atoms with Gasteiger partial charge in [-0.25, -0.2) is 0 Å². The first-order valence-electron chi connectivity index (χ1n) is 9.15. The number of thiophene rings is 1. The summed E-state index contributed by atoms with van der Waals surface area (Å²) in [5, 5.41) is 12.0. The maximum atomic E-state index is 11.3. The molecule has 2 saturated heterocycles. The van der Waals surface area contributed by atoms with Crippen LogP contribution < -0.4 is 16.0 Å². The molecule has 6 nitrogen and oxygen atoms in total. The smallest absolute Gasteiger partial charge is 0.220 e. The van der Waals surface area contributed by atoms with E-state index in [0.717, 1.165) is 25.5 Å². The quantitative estimate of drug-likeness (QED) is 0.561. The standard InChI is InChI=1S/C18H29N5OS/c1-19-18(22-14-7-8-16(24)20-12-14)21-11-13-5-3-9-23(2)17(13)15-6-4-10-25-15/h4,6,10,13-14,17H,3,5,7-9,11-12H2,1-2H3,(H,20,24)(H2,19,21,22). The minimum Gasteiger partial charge on any atom is -0.356 e. The number of hydrogen-bond donors (Lipinski definition) is 3. The highest BCUT2D eigenvalue weighted by Gasteiger charge is 2.31. The Balaban J connectivity index is 1.55. The minimum absolute atomic E-state index is 0.144. The Morgan fingerprint density at radius 1 is 1.48 bits per heavy atom. The summed E-state index contributed by atoms with van der Waals surface area (Å²) in [6.07, 6.45) is 3.92. The number of carbonyl (C=O) groups is 1. The van der Waals surface area contributed by atoms with E-state index in [2.05, 4.69) is 50.4 Å². The summed E-state index contributed by atoms with van der Waals surface area (Å²) in [6, 6.07) is 5.13. The van der Waals surface area contributed by atoms with Crippen molar-refractivity contribution < 1.29 is 4.79 Å². The summed E-state index contributed by atoms with van der Waals surface area (Å²) in [5.41, 5.74) is 0. The maximum Gasteiger partial charge on any atom is 0.220 e. The second kappa shape index (κ2) is 8.67. The number of piperidine rings is 2. The normalized spacial score (nSPS) is 28.5. The van der Waals surface area contributed by atoms with Gasteiger partial charge in [-0.05, 0) is 50.2 Å². The summed E-state index contributed by atoms with van der Waals surface area (Å²) in [7, 11) is 4.04. The van der Waals surface area contributed by atoms with Crippen LogP contribution in [-0.2, 0) is 4.79 Å². The molecule has 3 atom stereocenters. The molecule has 25 heavy (non-hydrogen) atoms. The number of hydrogen-bond acceptors (Lipinski definition) is 4. The van der Waals surface area contributed by atoms with Gasteiger partial charge in [0.1, 0.15) is 0 Å². The molecule has 1 aromatic heterocycles. The van der Waals surface area contributed by atoms with Crippen molar-refractivity contribution in [1.82, 2.24) is 20.9 Å². The lowest BCUT2D eigenvalue weighted by molar-refractivity contribution is -0.122. The second-order valence-corrected chi connectivity index (χ2v) is 7.96. The molecule has 0 saturated carbocycles. The maximum absolute atomic E-state index is 11.3. The molecule has 2 aliphatic rings. The molecule has 0 bridgehead atoms. The van der Waals surface area contributed by atoms with Crippen LogP contribution in [0.15, 0.2) is 22.5 Å². The third-order valence-corrected chi connectivity index (χ3v) is 6.15. The van der Waals surface area contributed by atoms with E-state index in [0.29, 0.717) is 24.9 Å². The molecule has 0 radical (unpaired) electrons. The van der Waals surface area contributed by atoms with Crippen LogP contribution in [0, 0.1) is 5.92 Å². The van der Waals surface area contributed by atoms with Gasteiger partial charge in [0.2, 0.25) is 5.91 Å². The highest BCUT2D eigenvalue weighted by atomic mass is 32.1. The first-order chi connectivity index (χ1) is 12.2. The molecule has 2 aliphatic heterocycles. The molecule has 0 spiro atoms. The molecule has 7 heteroatoms. The van der Waals surface area contributed by atoms with E-state index < -0.39 is 0 Å². The Kier molecular flexibility index (Phi) is 6.31. The summed E-state index contributed by atoms with van der Waals surface area (Å²) in [6.45, 7) is 2.74. The topological polar surface area (TPSA) is 68.8 Å². The zero-order valence-corrected chi connectivity index (χ0v) is 15.9. The number of guanidine groups is 1. The predicted molar refractivity (Wildman–Crippen MR) is 103 cm³/mol. The Labute approximate surface area is 154 Å². The van der Waals surface area contributed by atoms with E-state index in [1.165, 1.54) is 17.7 Å². The van der Waals surface area contributed by atoms with Crippen LogP contribution in [0.3, 0.4) is 0 Å². The van der Waals surface area contributed by atoms with Crippen LogP contribution in [0.2, 0.25) is 0 Å². The lowest BCUT2D eigenvalue weighted by Crippen LogP contribution is -2.52. The Morgan fingerprint density at radius 3 is 3.04 bits per heavy atom. The fourth-order valence-electron chi connectivity index (χ4n) is 3.85. The molecule has 3 unspecified atom stereocenters. The second-order valence-electron chi connectivity index (χ2n) is 6.98. The monoisotopic (exact) mass is 363 g/mol. The average molecular weight is 364 g/mol. The van der Waals surface area contributed by atoms with Crippen molar-refractivity contribution in [3.8, 4) is 0 Å². The van der Waals surface area contributed by atoms with E-state index >= 15 is 0 Å². The Bertz CT molecular complexity index is 578. The van der Waals surface area contributed by atoms with E-state index in [-0.39, 0.29) is 11.9 Å². The molecule has 3 heterocycles. The molecule has 3 rings (SSSR count). The van der Waals surface area contributed by atoms with Gasteiger partial charge in [-0.1, -0.05) is 6.07 Å². The molecule has 2 fully saturated rings. The summed E-state index contributed by atoms with van der Waals surface area (Å²) < 4.78 is 0. The van der Waals surface area contributed by atoms with Crippen LogP contribution in [0.25, 0.3) is 0 Å². The van der Waals surface area contributed by atoms with E-state index in [4.69, 9.17) is 0 Å². The van der Waals surface area contributed by atoms with E-state index in [9.17, 15) is 4.79 Å². The zero-order valence-electron chi connectivity index (χ0n) is 15.1. The van der Waals surface area contributed by atoms with E-state index in [1.54, 1.807) is 7.05 Å². The summed E-state index contributed by atoms with van der Waals surface area (Å²) in [4.78, 5) is 19.6. The molecule has 1 aromatic rings. The van der Waals surface area contributed by atoms with Crippen LogP contribution in [-0.4, -0.2) is 56.5 Å². The van der Waals surface area contributed by atoms with Crippen molar-refractivity contribution in [1.29, 1.82) is 0 Å². The number of aliphatic imine (C=N–C) groups is 1. The first-order valence-corrected chi connectivity index (χ1v) is 10.0.